The minimum Gasteiger partial charge on any atom is -1.00 e. The molecular formula is C103H137Cl9N6. The second kappa shape index (κ2) is 55.9. The van der Waals surface area contributed by atoms with Crippen LogP contribution in [0.4, 0.5) is 17.1 Å². The highest BCUT2D eigenvalue weighted by molar-refractivity contribution is 6.39. The number of hydrogen-bond donors (Lipinski definition) is 2. The fourth-order valence-electron chi connectivity index (χ4n) is 15.3. The number of unbranched alkanes of at least 4 members (excludes halogenated alkanes) is 10. The van der Waals surface area contributed by atoms with Crippen molar-refractivity contribution in [2.75, 3.05) is 80.6 Å². The summed E-state index contributed by atoms with van der Waals surface area (Å²) in [5.41, 5.74) is 28.2. The maximum atomic E-state index is 6.87. The summed E-state index contributed by atoms with van der Waals surface area (Å²) < 4.78 is 5.13. The molecule has 2 N–H and O–H groups in total. The third kappa shape index (κ3) is 30.5. The molecule has 9 rings (SSSR count). The zero-order valence-electron chi connectivity index (χ0n) is 74.0. The summed E-state index contributed by atoms with van der Waals surface area (Å²) in [4.78, 5) is 8.69. The standard InChI is InChI=1S/2C37H51Cl2N2.C29H34Cl2N2.3ClH/c1-7-11-21-40(22-12-8-2)35-19-15-30(25-28(35)5)37(33-18-17-32(38)27-34(33)39)31-16-20-36(29(6)26-31)41(23-13-9-3)24-14-10-4;1-7-11-22-40(23-12-8-2)34-20-18-30(26-28(34)5)36(37-32(38)16-15-17-33(37)39)31-19-21-35(29(6)27-31)41(24-13-9-3)25-14-10-4;1-5-7-16-32-26-14-12-22(18-20(26)3)28(29-24(30)10-9-11-25(29)31)23-13-15-27(21(4)19-23)33-17-8-6-2;;;/h15-20,25-27H,7-14,21-24H2,1-6H3;15-21,26-27H,7-14,22-25H2,1-6H3;9-15,18-19,32H,5-8,16-17H2,1-4H3;3*1H/q2*+1;;;;/p-2. The van der Waals surface area contributed by atoms with Gasteiger partial charge in [-0.3, -0.25) is 0 Å². The van der Waals surface area contributed by atoms with E-state index in [9.17, 15) is 0 Å². The van der Waals surface area contributed by atoms with Crippen LogP contribution in [-0.2, 0) is 0 Å². The molecule has 118 heavy (non-hydrogen) atoms. The molecule has 0 heterocycles. The van der Waals surface area contributed by atoms with E-state index < -0.39 is 0 Å². The Hall–Kier alpha value is -6.00. The molecular weight excluding hydrogens is 1640 g/mol. The molecule has 15 heteroatoms. The first-order chi connectivity index (χ1) is 55.6. The van der Waals surface area contributed by atoms with Crippen molar-refractivity contribution in [1.82, 2.24) is 0 Å². The molecule has 0 aliphatic heterocycles. The smallest absolute Gasteiger partial charge is 0.202 e. The third-order valence-electron chi connectivity index (χ3n) is 21.9. The molecule has 642 valence electrons. The minimum absolute atomic E-state index is 0. The van der Waals surface area contributed by atoms with E-state index in [1.165, 1.54) is 194 Å². The number of nitrogens with zero attached hydrogens (tertiary/aromatic N) is 4. The molecule has 0 unspecified atom stereocenters. The Kier molecular flexibility index (Phi) is 49.4. The van der Waals surface area contributed by atoms with Crippen LogP contribution in [0.1, 0.15) is 268 Å². The van der Waals surface area contributed by atoms with Crippen molar-refractivity contribution in [3.8, 4) is 0 Å². The molecule has 6 aromatic rings. The van der Waals surface area contributed by atoms with Gasteiger partial charge in [-0.15, -0.1) is 0 Å². The molecule has 0 aromatic heterocycles. The number of hydrogen-bond acceptors (Lipinski definition) is 3. The number of nitrogens with one attached hydrogen (secondary N) is 2. The van der Waals surface area contributed by atoms with Gasteiger partial charge < -0.3 is 52.3 Å². The van der Waals surface area contributed by atoms with Crippen molar-refractivity contribution >= 4 is 121 Å². The Morgan fingerprint density at radius 3 is 1.08 bits per heavy atom. The van der Waals surface area contributed by atoms with E-state index in [0.717, 1.165) is 134 Å². The normalized spacial score (nSPS) is 14.5. The van der Waals surface area contributed by atoms with Crippen LogP contribution in [0.3, 0.4) is 0 Å². The van der Waals surface area contributed by atoms with Crippen molar-refractivity contribution in [3.63, 3.8) is 0 Å². The number of rotatable bonds is 39. The quantitative estimate of drug-likeness (QED) is 0.0298. The lowest BCUT2D eigenvalue weighted by molar-refractivity contribution is -0.528. The van der Waals surface area contributed by atoms with Crippen LogP contribution in [0.15, 0.2) is 197 Å². The van der Waals surface area contributed by atoms with Gasteiger partial charge in [0.15, 0.2) is 0 Å². The average Bonchev–Trinajstić information content (AvgIpc) is 0.786. The predicted octanol–water partition coefficient (Wildman–Crippen LogP) is 20.3. The molecule has 6 nitrogen and oxygen atoms in total. The van der Waals surface area contributed by atoms with Gasteiger partial charge in [0.2, 0.25) is 17.1 Å². The van der Waals surface area contributed by atoms with Crippen molar-refractivity contribution < 1.29 is 51.4 Å². The molecule has 3 aliphatic rings. The minimum atomic E-state index is 0. The summed E-state index contributed by atoms with van der Waals surface area (Å²) in [6, 6.07) is 37.8. The van der Waals surface area contributed by atoms with Crippen LogP contribution < -0.4 is 57.3 Å². The number of allylic oxidation sites excluding steroid dienone is 15. The summed E-state index contributed by atoms with van der Waals surface area (Å²) in [5.74, 6) is 0. The molecule has 0 amide bonds. The van der Waals surface area contributed by atoms with Crippen molar-refractivity contribution in [2.45, 2.75) is 239 Å². The van der Waals surface area contributed by atoms with E-state index in [1.54, 1.807) is 0 Å². The Bertz CT molecular complexity index is 4520. The molecule has 0 bridgehead atoms. The molecule has 0 saturated carbocycles. The lowest BCUT2D eigenvalue weighted by Gasteiger charge is -2.27. The molecule has 0 atom stereocenters. The summed E-state index contributed by atoms with van der Waals surface area (Å²) in [6.07, 6.45) is 44.4. The second-order valence-electron chi connectivity index (χ2n) is 31.3. The zero-order chi connectivity index (χ0) is 83.3. The summed E-state index contributed by atoms with van der Waals surface area (Å²) >= 11 is 40.4. The zero-order valence-corrected chi connectivity index (χ0v) is 80.8. The monoisotopic (exact) mass is 1770 g/mol. The molecule has 0 spiro atoms. The lowest BCUT2D eigenvalue weighted by Crippen LogP contribution is -3.00. The van der Waals surface area contributed by atoms with Gasteiger partial charge in [-0.25, -0.2) is 14.1 Å². The maximum Gasteiger partial charge on any atom is 0.202 e. The molecule has 0 radical (unpaired) electrons. The Morgan fingerprint density at radius 2 is 0.720 bits per heavy atom. The summed E-state index contributed by atoms with van der Waals surface area (Å²) in [6.45, 7) is 46.6. The van der Waals surface area contributed by atoms with Crippen molar-refractivity contribution in [2.24, 2.45) is 0 Å². The Balaban J connectivity index is 0.000000370. The molecule has 0 fully saturated rings. The van der Waals surface area contributed by atoms with Crippen LogP contribution in [0, 0.1) is 20.8 Å². The second-order valence-corrected chi connectivity index (χ2v) is 33.8. The molecule has 6 aromatic carbocycles. The summed E-state index contributed by atoms with van der Waals surface area (Å²) in [7, 11) is 0. The lowest BCUT2D eigenvalue weighted by atomic mass is 9.88. The first-order valence-electron chi connectivity index (χ1n) is 43.7. The fraction of sp³-hybridized carbons (Fsp3) is 0.447. The van der Waals surface area contributed by atoms with Crippen molar-refractivity contribution in [1.29, 1.82) is 0 Å². The van der Waals surface area contributed by atoms with E-state index in [1.807, 2.05) is 48.5 Å². The average molecular weight is 1780 g/mol. The highest BCUT2D eigenvalue weighted by atomic mass is 35.5. The highest BCUT2D eigenvalue weighted by Gasteiger charge is 2.27. The van der Waals surface area contributed by atoms with Crippen LogP contribution in [-0.4, -0.2) is 91.7 Å². The molecule has 3 aliphatic carbocycles. The van der Waals surface area contributed by atoms with E-state index in [4.69, 9.17) is 69.6 Å². The van der Waals surface area contributed by atoms with Gasteiger partial charge in [-0.05, 0) is 250 Å². The number of aryl methyl sites for hydroxylation is 3. The largest absolute Gasteiger partial charge is 1.00 e. The van der Waals surface area contributed by atoms with Gasteiger partial charge in [0, 0.05) is 164 Å². The van der Waals surface area contributed by atoms with Gasteiger partial charge in [0.1, 0.15) is 32.7 Å². The van der Waals surface area contributed by atoms with Crippen LogP contribution in [0.5, 0.6) is 0 Å². The van der Waals surface area contributed by atoms with Crippen LogP contribution >= 0.6 is 69.6 Å². The Morgan fingerprint density at radius 1 is 0.356 bits per heavy atom. The Labute approximate surface area is 762 Å². The van der Waals surface area contributed by atoms with Gasteiger partial charge >= 0.3 is 0 Å². The van der Waals surface area contributed by atoms with Gasteiger partial charge in [-0.2, -0.15) is 0 Å². The van der Waals surface area contributed by atoms with Gasteiger partial charge in [-0.1, -0.05) is 239 Å². The predicted molar refractivity (Wildman–Crippen MR) is 513 cm³/mol. The van der Waals surface area contributed by atoms with E-state index >= 15 is 0 Å². The molecule has 0 saturated heterocycles. The number of benzene rings is 6. The number of halogens is 9. The topological polar surface area (TPSA) is 38.5 Å². The van der Waals surface area contributed by atoms with E-state index in [0.29, 0.717) is 30.1 Å². The van der Waals surface area contributed by atoms with Crippen LogP contribution in [0.25, 0.3) is 16.7 Å². The van der Waals surface area contributed by atoms with Gasteiger partial charge in [0.25, 0.3) is 0 Å². The highest BCUT2D eigenvalue weighted by Crippen LogP contribution is 2.43. The van der Waals surface area contributed by atoms with Crippen molar-refractivity contribution in [3.05, 3.63) is 278 Å². The maximum absolute atomic E-state index is 6.87. The first-order valence-corrected chi connectivity index (χ1v) is 46.0. The fourth-order valence-corrected chi connectivity index (χ4v) is 16.9. The van der Waals surface area contributed by atoms with E-state index in [2.05, 4.69) is 255 Å². The third-order valence-corrected chi connectivity index (χ3v) is 23.7. The number of anilines is 3. The van der Waals surface area contributed by atoms with E-state index in [-0.39, 0.29) is 37.2 Å². The van der Waals surface area contributed by atoms with Crippen LogP contribution in [0.2, 0.25) is 30.1 Å². The van der Waals surface area contributed by atoms with Gasteiger partial charge in [0.05, 0.1) is 0 Å². The first kappa shape index (κ1) is 104. The summed E-state index contributed by atoms with van der Waals surface area (Å²) in [5, 5.41) is 7.55. The SMILES string of the molecule is CCCCN(CCCC)c1ccc(C(=C2C=CC(=[N+](CCCC)CCCC)C(C)=C2)c2c(Cl)cccc2Cl)cc1C.CCCCN(CCCC)c1ccc(C(=C2C=CC(=[N+](CCCC)CCCC)C(C)=C2)c2ccc(Cl)cc2Cl)cc1C.CCCCNc1ccc(C(=C2C=CC(=[NH+]CCCC)C(C)=C2)c2c(Cl)cccc2Cl)cc1C.[Cl-].[Cl-].[Cl-].